The lowest BCUT2D eigenvalue weighted by atomic mass is 10.1. The average Bonchev–Trinajstić information content (AvgIpc) is 2.84. The van der Waals surface area contributed by atoms with Crippen LogP contribution in [0.2, 0.25) is 0 Å². The number of thiazole rings is 1. The molecule has 1 atom stereocenters. The number of aliphatic carboxylic acids is 1. The van der Waals surface area contributed by atoms with Gasteiger partial charge in [-0.15, -0.1) is 11.3 Å². The lowest BCUT2D eigenvalue weighted by molar-refractivity contribution is -0.138. The van der Waals surface area contributed by atoms with Crippen molar-refractivity contribution < 1.29 is 19.4 Å². The predicted molar refractivity (Wildman–Crippen MR) is 76.6 cm³/mol. The Bertz CT molecular complexity index is 668. The normalized spacial score (nSPS) is 12.8. The Labute approximate surface area is 120 Å². The van der Waals surface area contributed by atoms with E-state index < -0.39 is 11.9 Å². The van der Waals surface area contributed by atoms with E-state index in [1.165, 1.54) is 11.3 Å². The summed E-state index contributed by atoms with van der Waals surface area (Å²) in [5.74, 6) is -1.87. The van der Waals surface area contributed by atoms with Crippen LogP contribution in [0.15, 0.2) is 11.6 Å². The van der Waals surface area contributed by atoms with Crippen molar-refractivity contribution in [3.05, 3.63) is 28.4 Å². The highest BCUT2D eigenvalue weighted by atomic mass is 32.1. The van der Waals surface area contributed by atoms with Crippen LogP contribution in [0.4, 0.5) is 0 Å². The maximum absolute atomic E-state index is 12.1. The number of carbonyl (C=O) groups is 2. The first-order chi connectivity index (χ1) is 9.32. The van der Waals surface area contributed by atoms with E-state index in [2.05, 4.69) is 0 Å². The van der Waals surface area contributed by atoms with E-state index in [0.717, 1.165) is 10.4 Å². The maximum Gasteiger partial charge on any atom is 0.341 e. The predicted octanol–water partition coefficient (Wildman–Crippen LogP) is 3.06. The van der Waals surface area contributed by atoms with Gasteiger partial charge < -0.3 is 14.2 Å². The molecule has 0 aliphatic rings. The van der Waals surface area contributed by atoms with E-state index in [9.17, 15) is 9.59 Å². The Morgan fingerprint density at radius 3 is 2.55 bits per heavy atom. The van der Waals surface area contributed by atoms with Crippen LogP contribution in [-0.2, 0) is 9.53 Å². The van der Waals surface area contributed by atoms with Crippen molar-refractivity contribution in [3.63, 3.8) is 0 Å². The quantitative estimate of drug-likeness (QED) is 0.880. The molecule has 20 heavy (non-hydrogen) atoms. The molecule has 0 aliphatic heterocycles. The largest absolute Gasteiger partial charge is 0.481 e. The van der Waals surface area contributed by atoms with Crippen LogP contribution in [0.25, 0.3) is 4.83 Å². The summed E-state index contributed by atoms with van der Waals surface area (Å²) in [7, 11) is 0. The van der Waals surface area contributed by atoms with E-state index in [1.807, 2.05) is 6.92 Å². The minimum Gasteiger partial charge on any atom is -0.481 e. The number of fused-ring (bicyclic) bond motifs is 1. The Morgan fingerprint density at radius 2 is 2.00 bits per heavy atom. The first-order valence-corrected chi connectivity index (χ1v) is 7.23. The van der Waals surface area contributed by atoms with Crippen LogP contribution >= 0.6 is 11.3 Å². The second-order valence-corrected chi connectivity index (χ2v) is 5.89. The van der Waals surface area contributed by atoms with Crippen molar-refractivity contribution in [1.82, 2.24) is 4.40 Å². The zero-order valence-corrected chi connectivity index (χ0v) is 12.7. The van der Waals surface area contributed by atoms with Crippen LogP contribution in [0, 0.1) is 6.92 Å². The fourth-order valence-electron chi connectivity index (χ4n) is 2.04. The molecule has 0 spiro atoms. The molecule has 0 aliphatic carbocycles. The van der Waals surface area contributed by atoms with E-state index in [4.69, 9.17) is 9.84 Å². The summed E-state index contributed by atoms with van der Waals surface area (Å²) >= 11 is 1.36. The number of hydrogen-bond donors (Lipinski definition) is 1. The van der Waals surface area contributed by atoms with E-state index in [0.29, 0.717) is 11.3 Å². The standard InChI is InChI=1S/C14H17NO4S/c1-7(2)19-14(18)11-8(3)5-15-10(6-20-12(11)15)9(4)13(16)17/h5-7,9H,1-4H3,(H,16,17). The van der Waals surface area contributed by atoms with Crippen molar-refractivity contribution in [2.75, 3.05) is 0 Å². The summed E-state index contributed by atoms with van der Waals surface area (Å²) in [4.78, 5) is 24.0. The number of carboxylic acids is 1. The van der Waals surface area contributed by atoms with Gasteiger partial charge in [0, 0.05) is 17.3 Å². The highest BCUT2D eigenvalue weighted by molar-refractivity contribution is 7.16. The van der Waals surface area contributed by atoms with Crippen LogP contribution in [0.5, 0.6) is 0 Å². The van der Waals surface area contributed by atoms with Crippen molar-refractivity contribution in [2.45, 2.75) is 39.7 Å². The van der Waals surface area contributed by atoms with Gasteiger partial charge in [-0.2, -0.15) is 0 Å². The Morgan fingerprint density at radius 1 is 1.35 bits per heavy atom. The van der Waals surface area contributed by atoms with E-state index in [1.54, 1.807) is 36.7 Å². The van der Waals surface area contributed by atoms with Gasteiger partial charge >= 0.3 is 11.9 Å². The number of aromatic nitrogens is 1. The Kier molecular flexibility index (Phi) is 3.85. The van der Waals surface area contributed by atoms with Gasteiger partial charge in [0.05, 0.1) is 17.6 Å². The second kappa shape index (κ2) is 5.28. The van der Waals surface area contributed by atoms with Crippen molar-refractivity contribution in [1.29, 1.82) is 0 Å². The van der Waals surface area contributed by atoms with Crippen molar-refractivity contribution >= 4 is 28.1 Å². The molecule has 0 amide bonds. The van der Waals surface area contributed by atoms with Gasteiger partial charge in [0.25, 0.3) is 0 Å². The van der Waals surface area contributed by atoms with Gasteiger partial charge in [0.2, 0.25) is 0 Å². The highest BCUT2D eigenvalue weighted by Gasteiger charge is 2.24. The minimum absolute atomic E-state index is 0.186. The molecule has 2 aromatic heterocycles. The third kappa shape index (κ3) is 2.43. The number of rotatable bonds is 4. The van der Waals surface area contributed by atoms with Gasteiger partial charge in [-0.1, -0.05) is 0 Å². The van der Waals surface area contributed by atoms with Crippen LogP contribution in [-0.4, -0.2) is 27.5 Å². The molecule has 5 nitrogen and oxygen atoms in total. The average molecular weight is 295 g/mol. The molecule has 6 heteroatoms. The number of ether oxygens (including phenoxy) is 1. The summed E-state index contributed by atoms with van der Waals surface area (Å²) in [5.41, 5.74) is 1.98. The molecule has 0 aromatic carbocycles. The number of esters is 1. The van der Waals surface area contributed by atoms with Crippen molar-refractivity contribution in [3.8, 4) is 0 Å². The molecule has 1 unspecified atom stereocenters. The molecule has 1 N–H and O–H groups in total. The summed E-state index contributed by atoms with van der Waals surface area (Å²) < 4.78 is 7.01. The van der Waals surface area contributed by atoms with Gasteiger partial charge in [0.15, 0.2) is 0 Å². The molecular formula is C14H17NO4S. The maximum atomic E-state index is 12.1. The SMILES string of the molecule is Cc1cn2c(C(C)C(=O)O)csc2c1C(=O)OC(C)C. The Balaban J connectivity index is 2.51. The third-order valence-corrected chi connectivity index (χ3v) is 4.06. The van der Waals surface area contributed by atoms with Crippen LogP contribution in [0.3, 0.4) is 0 Å². The van der Waals surface area contributed by atoms with Gasteiger partial charge in [-0.3, -0.25) is 4.79 Å². The molecule has 2 aromatic rings. The second-order valence-electron chi connectivity index (χ2n) is 5.04. The number of carboxylic acid groups (broad SMARTS) is 1. The lowest BCUT2D eigenvalue weighted by Crippen LogP contribution is -2.12. The molecule has 0 radical (unpaired) electrons. The monoisotopic (exact) mass is 295 g/mol. The fraction of sp³-hybridized carbons (Fsp3) is 0.429. The first-order valence-electron chi connectivity index (χ1n) is 6.35. The van der Waals surface area contributed by atoms with Gasteiger partial charge in [-0.25, -0.2) is 4.79 Å². The fourth-order valence-corrected chi connectivity index (χ4v) is 3.23. The molecule has 0 saturated heterocycles. The van der Waals surface area contributed by atoms with Crippen LogP contribution < -0.4 is 0 Å². The number of nitrogens with zero attached hydrogens (tertiary/aromatic N) is 1. The number of carbonyl (C=O) groups excluding carboxylic acids is 1. The van der Waals surface area contributed by atoms with Crippen LogP contribution in [0.1, 0.15) is 48.3 Å². The van der Waals surface area contributed by atoms with E-state index >= 15 is 0 Å². The molecule has 2 heterocycles. The lowest BCUT2D eigenvalue weighted by Gasteiger charge is -2.07. The van der Waals surface area contributed by atoms with Crippen molar-refractivity contribution in [2.24, 2.45) is 0 Å². The minimum atomic E-state index is -0.887. The third-order valence-electron chi connectivity index (χ3n) is 3.08. The molecule has 0 saturated carbocycles. The zero-order valence-electron chi connectivity index (χ0n) is 11.8. The number of hydrogen-bond acceptors (Lipinski definition) is 4. The highest BCUT2D eigenvalue weighted by Crippen LogP contribution is 2.30. The Hall–Kier alpha value is -1.82. The van der Waals surface area contributed by atoms with E-state index in [-0.39, 0.29) is 12.1 Å². The smallest absolute Gasteiger partial charge is 0.341 e. The number of aryl methyl sites for hydroxylation is 1. The molecule has 2 rings (SSSR count). The first kappa shape index (κ1) is 14.6. The van der Waals surface area contributed by atoms with Gasteiger partial charge in [-0.05, 0) is 33.3 Å². The molecule has 0 bridgehead atoms. The summed E-state index contributed by atoms with van der Waals surface area (Å²) in [5, 5.41) is 10.9. The molecular weight excluding hydrogens is 278 g/mol. The topological polar surface area (TPSA) is 68.0 Å². The summed E-state index contributed by atoms with van der Waals surface area (Å²) in [6, 6.07) is 0. The summed E-state index contributed by atoms with van der Waals surface area (Å²) in [6.45, 7) is 7.05. The molecule has 0 fully saturated rings. The zero-order chi connectivity index (χ0) is 15.0. The summed E-state index contributed by atoms with van der Waals surface area (Å²) in [6.07, 6.45) is 1.60. The van der Waals surface area contributed by atoms with Gasteiger partial charge in [0.1, 0.15) is 4.83 Å². The molecule has 108 valence electrons.